The van der Waals surface area contributed by atoms with Crippen LogP contribution in [0.5, 0.6) is 0 Å². The lowest BCUT2D eigenvalue weighted by Crippen LogP contribution is -2.50. The number of benzene rings is 1. The van der Waals surface area contributed by atoms with Crippen molar-refractivity contribution >= 4 is 35.2 Å². The Morgan fingerprint density at radius 3 is 2.83 bits per heavy atom. The first-order chi connectivity index (χ1) is 11.7. The number of ketones is 1. The van der Waals surface area contributed by atoms with Crippen LogP contribution in [-0.2, 0) is 22.4 Å². The lowest BCUT2D eigenvalue weighted by molar-refractivity contribution is -0.134. The van der Waals surface area contributed by atoms with Crippen LogP contribution in [0.3, 0.4) is 0 Å². The summed E-state index contributed by atoms with van der Waals surface area (Å²) in [6.07, 6.45) is 2.71. The monoisotopic (exact) mass is 362 g/mol. The maximum atomic E-state index is 13.1. The number of aryl methyl sites for hydroxylation is 1. The summed E-state index contributed by atoms with van der Waals surface area (Å²) >= 11 is 3.39. The highest BCUT2D eigenvalue weighted by Gasteiger charge is 2.43. The van der Waals surface area contributed by atoms with E-state index in [2.05, 4.69) is 29.6 Å². The third-order valence-electron chi connectivity index (χ3n) is 5.23. The molecule has 1 aromatic carbocycles. The largest absolute Gasteiger partial charge is 0.331 e. The van der Waals surface area contributed by atoms with Gasteiger partial charge in [0.15, 0.2) is 5.78 Å². The number of nitrogens with one attached hydrogen (secondary N) is 1. The molecule has 0 saturated carbocycles. The number of rotatable bonds is 3. The number of carbonyl (C=O) groups excluding carboxylic acids is 2. The molecular weight excluding hydrogens is 340 g/mol. The molecule has 1 aliphatic carbocycles. The first kappa shape index (κ1) is 16.5. The smallest absolute Gasteiger partial charge is 0.242 e. The summed E-state index contributed by atoms with van der Waals surface area (Å²) in [5.41, 5.74) is 2.68. The van der Waals surface area contributed by atoms with Crippen molar-refractivity contribution < 1.29 is 9.59 Å². The van der Waals surface area contributed by atoms with E-state index in [9.17, 15) is 9.59 Å². The van der Waals surface area contributed by atoms with Crippen LogP contribution in [0.1, 0.15) is 17.5 Å². The van der Waals surface area contributed by atoms with Gasteiger partial charge in [-0.05, 0) is 30.4 Å². The van der Waals surface area contributed by atoms with E-state index in [1.54, 1.807) is 23.5 Å². The molecule has 1 N–H and O–H groups in total. The predicted octanol–water partition coefficient (Wildman–Crippen LogP) is 1.92. The average Bonchev–Trinajstić information content (AvgIpc) is 3.31. The van der Waals surface area contributed by atoms with E-state index < -0.39 is 0 Å². The van der Waals surface area contributed by atoms with Crippen molar-refractivity contribution in [1.29, 1.82) is 0 Å². The van der Waals surface area contributed by atoms with Gasteiger partial charge in [0.25, 0.3) is 0 Å². The number of hydrogen-bond acceptors (Lipinski definition) is 5. The molecule has 2 fully saturated rings. The molecule has 4 rings (SSSR count). The molecule has 6 heteroatoms. The van der Waals surface area contributed by atoms with E-state index in [1.165, 1.54) is 11.1 Å². The first-order valence-corrected chi connectivity index (χ1v) is 10.8. The van der Waals surface area contributed by atoms with Crippen molar-refractivity contribution in [2.24, 2.45) is 5.92 Å². The van der Waals surface area contributed by atoms with Gasteiger partial charge in [-0.1, -0.05) is 24.3 Å². The van der Waals surface area contributed by atoms with Crippen molar-refractivity contribution in [2.75, 3.05) is 24.1 Å². The Morgan fingerprint density at radius 2 is 2.04 bits per heavy atom. The van der Waals surface area contributed by atoms with Gasteiger partial charge in [-0.3, -0.25) is 14.9 Å². The summed E-state index contributed by atoms with van der Waals surface area (Å²) in [5, 5.41) is 3.04. The van der Waals surface area contributed by atoms with Gasteiger partial charge in [0.2, 0.25) is 5.91 Å². The fourth-order valence-electron chi connectivity index (χ4n) is 3.85. The molecular formula is C18H22N2O2S2. The van der Waals surface area contributed by atoms with Gasteiger partial charge in [-0.2, -0.15) is 0 Å². The summed E-state index contributed by atoms with van der Waals surface area (Å²) in [6.45, 7) is 0.810. The molecule has 4 nitrogen and oxygen atoms in total. The second-order valence-electron chi connectivity index (χ2n) is 6.66. The maximum absolute atomic E-state index is 13.1. The molecule has 3 atom stereocenters. The number of Topliss-reactive ketones (excluding diaryl/α,β-unsaturated/α-hetero) is 1. The molecule has 0 aromatic heterocycles. The Kier molecular flexibility index (Phi) is 4.88. The highest BCUT2D eigenvalue weighted by atomic mass is 32.2. The molecule has 3 aliphatic rings. The topological polar surface area (TPSA) is 49.4 Å². The van der Waals surface area contributed by atoms with Crippen molar-refractivity contribution in [3.05, 3.63) is 35.4 Å². The zero-order valence-electron chi connectivity index (χ0n) is 13.6. The minimum atomic E-state index is -0.335. The molecule has 2 saturated heterocycles. The van der Waals surface area contributed by atoms with E-state index in [4.69, 9.17) is 0 Å². The summed E-state index contributed by atoms with van der Waals surface area (Å²) in [6, 6.07) is 8.09. The van der Waals surface area contributed by atoms with Gasteiger partial charge < -0.3 is 4.90 Å². The molecule has 2 heterocycles. The predicted molar refractivity (Wildman–Crippen MR) is 99.2 cm³/mol. The van der Waals surface area contributed by atoms with Crippen LogP contribution in [0.25, 0.3) is 0 Å². The number of fused-ring (bicyclic) bond motifs is 1. The van der Waals surface area contributed by atoms with Gasteiger partial charge in [-0.15, -0.1) is 23.5 Å². The zero-order valence-corrected chi connectivity index (χ0v) is 15.2. The van der Waals surface area contributed by atoms with E-state index in [0.29, 0.717) is 5.88 Å². The molecule has 0 spiro atoms. The van der Waals surface area contributed by atoms with Crippen molar-refractivity contribution in [3.63, 3.8) is 0 Å². The Bertz CT molecular complexity index is 646. The Hall–Kier alpha value is -0.980. The van der Waals surface area contributed by atoms with Gasteiger partial charge >= 0.3 is 0 Å². The Morgan fingerprint density at radius 1 is 1.21 bits per heavy atom. The minimum absolute atomic E-state index is 0.0561. The number of thioether (sulfide) groups is 2. The number of nitrogens with zero attached hydrogens (tertiary/aromatic N) is 1. The normalized spacial score (nSPS) is 29.5. The standard InChI is InChI=1S/C18H22N2O2S2/c21-16(14-6-5-12-3-1-2-4-13(12)9-14)17-15(19-10-24-17)18(22)20-7-8-23-11-20/h1-4,14-15,17,19H,5-11H2/t14?,15-,17?/m0/s1. The SMILES string of the molecule is O=C(C1CCc2ccccc2C1)C1SCN[C@@H]1C(=O)N1CCSC1. The van der Waals surface area contributed by atoms with Gasteiger partial charge in [0, 0.05) is 24.1 Å². The molecule has 0 radical (unpaired) electrons. The quantitative estimate of drug-likeness (QED) is 0.890. The summed E-state index contributed by atoms with van der Waals surface area (Å²) in [4.78, 5) is 27.7. The van der Waals surface area contributed by atoms with Gasteiger partial charge in [0.05, 0.1) is 11.1 Å². The zero-order chi connectivity index (χ0) is 16.5. The summed E-state index contributed by atoms with van der Waals surface area (Å²) in [7, 11) is 0. The Labute approximate surface area is 151 Å². The molecule has 0 bridgehead atoms. The minimum Gasteiger partial charge on any atom is -0.331 e. The summed E-state index contributed by atoms with van der Waals surface area (Å²) in [5.74, 6) is 2.89. The average molecular weight is 363 g/mol. The fraction of sp³-hybridized carbons (Fsp3) is 0.556. The van der Waals surface area contributed by atoms with Gasteiger partial charge in [-0.25, -0.2) is 0 Å². The maximum Gasteiger partial charge on any atom is 0.242 e. The second kappa shape index (κ2) is 7.10. The van der Waals surface area contributed by atoms with E-state index >= 15 is 0 Å². The van der Waals surface area contributed by atoms with Crippen LogP contribution in [0.4, 0.5) is 0 Å². The van der Waals surface area contributed by atoms with Crippen molar-refractivity contribution in [2.45, 2.75) is 30.6 Å². The fourth-order valence-corrected chi connectivity index (χ4v) is 6.02. The molecule has 2 aliphatic heterocycles. The van der Waals surface area contributed by atoms with Crippen LogP contribution in [-0.4, -0.2) is 51.9 Å². The highest BCUT2D eigenvalue weighted by Crippen LogP contribution is 2.32. The molecule has 1 amide bonds. The lowest BCUT2D eigenvalue weighted by atomic mass is 9.80. The highest BCUT2D eigenvalue weighted by molar-refractivity contribution is 8.01. The van der Waals surface area contributed by atoms with Gasteiger partial charge in [0.1, 0.15) is 6.04 Å². The molecule has 24 heavy (non-hydrogen) atoms. The van der Waals surface area contributed by atoms with E-state index in [0.717, 1.165) is 37.4 Å². The van der Waals surface area contributed by atoms with Crippen LogP contribution in [0, 0.1) is 5.92 Å². The number of carbonyl (C=O) groups is 2. The number of hydrogen-bond donors (Lipinski definition) is 1. The van der Waals surface area contributed by atoms with E-state index in [1.807, 2.05) is 4.90 Å². The van der Waals surface area contributed by atoms with Crippen LogP contribution in [0.2, 0.25) is 0 Å². The third kappa shape index (κ3) is 3.11. The Balaban J connectivity index is 1.46. The summed E-state index contributed by atoms with van der Waals surface area (Å²) < 4.78 is 0. The van der Waals surface area contributed by atoms with Crippen LogP contribution < -0.4 is 5.32 Å². The molecule has 128 valence electrons. The number of amides is 1. The lowest BCUT2D eigenvalue weighted by Gasteiger charge is -2.28. The van der Waals surface area contributed by atoms with Crippen molar-refractivity contribution in [3.8, 4) is 0 Å². The van der Waals surface area contributed by atoms with E-state index in [-0.39, 0.29) is 28.9 Å². The molecule has 2 unspecified atom stereocenters. The third-order valence-corrected chi connectivity index (χ3v) is 7.39. The van der Waals surface area contributed by atoms with Crippen molar-refractivity contribution in [1.82, 2.24) is 10.2 Å². The second-order valence-corrected chi connectivity index (χ2v) is 8.87. The first-order valence-electron chi connectivity index (χ1n) is 8.56. The van der Waals surface area contributed by atoms with Crippen LogP contribution >= 0.6 is 23.5 Å². The van der Waals surface area contributed by atoms with Crippen LogP contribution in [0.15, 0.2) is 24.3 Å². The molecule has 1 aromatic rings.